The quantitative estimate of drug-likeness (QED) is 0.390. The third-order valence-corrected chi connectivity index (χ3v) is 5.41. The Balaban J connectivity index is 1.62. The average molecular weight is 432 g/mol. The van der Waals surface area contributed by atoms with E-state index in [0.717, 1.165) is 16.9 Å². The largest absolute Gasteiger partial charge is 0.497 e. The second kappa shape index (κ2) is 9.56. The lowest BCUT2D eigenvalue weighted by molar-refractivity contribution is 0.0815. The molecule has 3 aromatic rings. The number of hydrogen-bond acceptors (Lipinski definition) is 6. The Morgan fingerprint density at radius 2 is 1.31 bits per heavy atom. The Bertz CT molecular complexity index is 1120. The van der Waals surface area contributed by atoms with Crippen LogP contribution in [0.4, 0.5) is 0 Å². The standard InChI is InChI=1S/C26H24O6/c1-29-20-9-4-17(5-10-20)3-6-19-15-23-24(32-14-13-31-23)16-22(19)26(28)25(27)18-7-11-21(30-2)12-8-18/h4-5,7-12,15-16H,3,6,13-14H2,1-2H3. The zero-order valence-corrected chi connectivity index (χ0v) is 18.1. The average Bonchev–Trinajstić information content (AvgIpc) is 2.86. The van der Waals surface area contributed by atoms with Gasteiger partial charge in [0, 0.05) is 11.1 Å². The highest BCUT2D eigenvalue weighted by Crippen LogP contribution is 2.34. The van der Waals surface area contributed by atoms with E-state index in [0.29, 0.717) is 54.4 Å². The predicted octanol–water partition coefficient (Wildman–Crippen LogP) is 4.33. The first-order valence-corrected chi connectivity index (χ1v) is 10.4. The van der Waals surface area contributed by atoms with Crippen LogP contribution >= 0.6 is 0 Å². The van der Waals surface area contributed by atoms with Crippen LogP contribution in [0.2, 0.25) is 0 Å². The van der Waals surface area contributed by atoms with Crippen LogP contribution in [0.25, 0.3) is 0 Å². The first-order valence-electron chi connectivity index (χ1n) is 10.4. The topological polar surface area (TPSA) is 71.1 Å². The molecule has 0 unspecified atom stereocenters. The molecule has 1 heterocycles. The molecule has 0 aliphatic carbocycles. The molecule has 164 valence electrons. The van der Waals surface area contributed by atoms with Crippen molar-refractivity contribution >= 4 is 11.6 Å². The lowest BCUT2D eigenvalue weighted by Crippen LogP contribution is -2.20. The van der Waals surface area contributed by atoms with Crippen molar-refractivity contribution in [2.24, 2.45) is 0 Å². The highest BCUT2D eigenvalue weighted by molar-refractivity contribution is 6.49. The Labute approximate surface area is 186 Å². The van der Waals surface area contributed by atoms with Crippen molar-refractivity contribution in [2.45, 2.75) is 12.8 Å². The van der Waals surface area contributed by atoms with Gasteiger partial charge in [0.25, 0.3) is 0 Å². The molecule has 0 N–H and O–H groups in total. The molecule has 0 radical (unpaired) electrons. The van der Waals surface area contributed by atoms with E-state index in [1.54, 1.807) is 44.6 Å². The van der Waals surface area contributed by atoms with Gasteiger partial charge in [0.2, 0.25) is 11.6 Å². The molecule has 32 heavy (non-hydrogen) atoms. The maximum atomic E-state index is 13.2. The molecule has 0 spiro atoms. The summed E-state index contributed by atoms with van der Waals surface area (Å²) in [7, 11) is 3.17. The van der Waals surface area contributed by atoms with Gasteiger partial charge >= 0.3 is 0 Å². The van der Waals surface area contributed by atoms with Gasteiger partial charge in [-0.1, -0.05) is 12.1 Å². The van der Waals surface area contributed by atoms with Crippen LogP contribution in [0.15, 0.2) is 60.7 Å². The van der Waals surface area contributed by atoms with E-state index in [4.69, 9.17) is 18.9 Å². The molecule has 0 atom stereocenters. The number of fused-ring (bicyclic) bond motifs is 1. The zero-order chi connectivity index (χ0) is 22.5. The number of ether oxygens (including phenoxy) is 4. The summed E-state index contributed by atoms with van der Waals surface area (Å²) in [6, 6.07) is 17.7. The van der Waals surface area contributed by atoms with Crippen molar-refractivity contribution in [1.82, 2.24) is 0 Å². The Kier molecular flexibility index (Phi) is 6.40. The molecule has 0 fully saturated rings. The molecule has 1 aliphatic heterocycles. The molecule has 0 saturated heterocycles. The molecule has 6 heteroatoms. The second-order valence-electron chi connectivity index (χ2n) is 7.39. The first-order chi connectivity index (χ1) is 15.6. The van der Waals surface area contributed by atoms with Crippen molar-refractivity contribution in [2.75, 3.05) is 27.4 Å². The lowest BCUT2D eigenvalue weighted by Gasteiger charge is -2.21. The minimum absolute atomic E-state index is 0.312. The van der Waals surface area contributed by atoms with Gasteiger partial charge in [-0.25, -0.2) is 0 Å². The smallest absolute Gasteiger partial charge is 0.233 e. The molecule has 0 saturated carbocycles. The van der Waals surface area contributed by atoms with Gasteiger partial charge in [-0.3, -0.25) is 9.59 Å². The van der Waals surface area contributed by atoms with Crippen LogP contribution in [0.1, 0.15) is 31.8 Å². The molecular formula is C26H24O6. The Morgan fingerprint density at radius 3 is 1.91 bits per heavy atom. The van der Waals surface area contributed by atoms with Crippen LogP contribution in [0.5, 0.6) is 23.0 Å². The predicted molar refractivity (Wildman–Crippen MR) is 119 cm³/mol. The molecule has 0 aromatic heterocycles. The fraction of sp³-hybridized carbons (Fsp3) is 0.231. The van der Waals surface area contributed by atoms with Gasteiger partial charge in [-0.2, -0.15) is 0 Å². The SMILES string of the molecule is COc1ccc(CCc2cc3c(cc2C(=O)C(=O)c2ccc(OC)cc2)OCCO3)cc1. The highest BCUT2D eigenvalue weighted by Gasteiger charge is 2.25. The minimum Gasteiger partial charge on any atom is -0.497 e. The fourth-order valence-electron chi connectivity index (χ4n) is 3.62. The number of ketones is 2. The number of benzene rings is 3. The normalized spacial score (nSPS) is 12.2. The zero-order valence-electron chi connectivity index (χ0n) is 18.1. The highest BCUT2D eigenvalue weighted by atomic mass is 16.6. The van der Waals surface area contributed by atoms with Gasteiger partial charge in [-0.15, -0.1) is 0 Å². The Morgan fingerprint density at radius 1 is 0.750 bits per heavy atom. The summed E-state index contributed by atoms with van der Waals surface area (Å²) in [6.07, 6.45) is 1.26. The van der Waals surface area contributed by atoms with Crippen molar-refractivity contribution < 1.29 is 28.5 Å². The van der Waals surface area contributed by atoms with Crippen LogP contribution in [0, 0.1) is 0 Å². The molecule has 0 amide bonds. The summed E-state index contributed by atoms with van der Waals surface area (Å²) in [5.74, 6) is 1.33. The molecular weight excluding hydrogens is 408 g/mol. The third kappa shape index (κ3) is 4.59. The molecule has 4 rings (SSSR count). The second-order valence-corrected chi connectivity index (χ2v) is 7.39. The van der Waals surface area contributed by atoms with Crippen molar-refractivity contribution in [3.05, 3.63) is 82.9 Å². The molecule has 0 bridgehead atoms. The van der Waals surface area contributed by atoms with Gasteiger partial charge in [0.15, 0.2) is 11.5 Å². The summed E-state index contributed by atoms with van der Waals surface area (Å²) < 4.78 is 21.7. The number of Topliss-reactive ketones (excluding diaryl/α,β-unsaturated/α-hetero) is 2. The number of methoxy groups -OCH3 is 2. The van der Waals surface area contributed by atoms with E-state index in [1.807, 2.05) is 30.3 Å². The molecule has 6 nitrogen and oxygen atoms in total. The summed E-state index contributed by atoms with van der Waals surface area (Å²) >= 11 is 0. The van der Waals surface area contributed by atoms with Gasteiger partial charge in [0.1, 0.15) is 24.7 Å². The summed E-state index contributed by atoms with van der Waals surface area (Å²) in [6.45, 7) is 0.848. The number of hydrogen-bond donors (Lipinski definition) is 0. The molecule has 3 aromatic carbocycles. The lowest BCUT2D eigenvalue weighted by atomic mass is 9.93. The number of aryl methyl sites for hydroxylation is 2. The number of carbonyl (C=O) groups is 2. The third-order valence-electron chi connectivity index (χ3n) is 5.41. The van der Waals surface area contributed by atoms with E-state index in [1.165, 1.54) is 0 Å². The van der Waals surface area contributed by atoms with Crippen molar-refractivity contribution in [1.29, 1.82) is 0 Å². The number of rotatable bonds is 8. The van der Waals surface area contributed by atoms with Crippen LogP contribution in [0.3, 0.4) is 0 Å². The Hall–Kier alpha value is -3.80. The first kappa shape index (κ1) is 21.4. The van der Waals surface area contributed by atoms with E-state index in [9.17, 15) is 9.59 Å². The van der Waals surface area contributed by atoms with Gasteiger partial charge in [-0.05, 0) is 72.5 Å². The van der Waals surface area contributed by atoms with E-state index < -0.39 is 11.6 Å². The van der Waals surface area contributed by atoms with Crippen LogP contribution in [-0.4, -0.2) is 39.0 Å². The van der Waals surface area contributed by atoms with Crippen LogP contribution < -0.4 is 18.9 Å². The van der Waals surface area contributed by atoms with Gasteiger partial charge in [0.05, 0.1) is 14.2 Å². The van der Waals surface area contributed by atoms with Crippen molar-refractivity contribution in [3.63, 3.8) is 0 Å². The monoisotopic (exact) mass is 432 g/mol. The van der Waals surface area contributed by atoms with E-state index in [-0.39, 0.29) is 0 Å². The summed E-state index contributed by atoms with van der Waals surface area (Å²) in [5, 5.41) is 0. The summed E-state index contributed by atoms with van der Waals surface area (Å²) in [5.41, 5.74) is 2.49. The maximum absolute atomic E-state index is 13.2. The minimum atomic E-state index is -0.574. The van der Waals surface area contributed by atoms with E-state index in [2.05, 4.69) is 0 Å². The van der Waals surface area contributed by atoms with Gasteiger partial charge < -0.3 is 18.9 Å². The van der Waals surface area contributed by atoms with Crippen molar-refractivity contribution in [3.8, 4) is 23.0 Å². The van der Waals surface area contributed by atoms with Crippen LogP contribution in [-0.2, 0) is 12.8 Å². The number of carbonyl (C=O) groups excluding carboxylic acids is 2. The summed E-state index contributed by atoms with van der Waals surface area (Å²) in [4.78, 5) is 26.1. The fourth-order valence-corrected chi connectivity index (χ4v) is 3.62. The molecule has 1 aliphatic rings. The van der Waals surface area contributed by atoms with E-state index >= 15 is 0 Å². The maximum Gasteiger partial charge on any atom is 0.233 e.